The average molecular weight is 230 g/mol. The standard InChI is InChI=1S/C12H26N2O2/c1-9(2)11(13)8-12(15)14(5)6-7-16-10(3)4/h9-11H,6-8,13H2,1-5H3. The third-order valence-corrected chi connectivity index (χ3v) is 2.57. The van der Waals surface area contributed by atoms with Gasteiger partial charge in [-0.2, -0.15) is 0 Å². The molecule has 0 aromatic rings. The second-order valence-corrected chi connectivity index (χ2v) is 4.85. The van der Waals surface area contributed by atoms with E-state index in [-0.39, 0.29) is 18.1 Å². The van der Waals surface area contributed by atoms with Crippen LogP contribution in [0.15, 0.2) is 0 Å². The van der Waals surface area contributed by atoms with E-state index in [4.69, 9.17) is 10.5 Å². The van der Waals surface area contributed by atoms with Gasteiger partial charge in [-0.25, -0.2) is 0 Å². The molecule has 0 radical (unpaired) electrons. The highest BCUT2D eigenvalue weighted by molar-refractivity contribution is 5.76. The molecule has 0 aliphatic rings. The molecule has 96 valence electrons. The lowest BCUT2D eigenvalue weighted by Gasteiger charge is -2.21. The molecule has 0 spiro atoms. The zero-order chi connectivity index (χ0) is 12.7. The van der Waals surface area contributed by atoms with Crippen molar-refractivity contribution in [2.75, 3.05) is 20.2 Å². The molecule has 4 nitrogen and oxygen atoms in total. The Hall–Kier alpha value is -0.610. The van der Waals surface area contributed by atoms with Crippen molar-refractivity contribution in [2.45, 2.75) is 46.3 Å². The predicted octanol–water partition coefficient (Wildman–Crippen LogP) is 1.24. The van der Waals surface area contributed by atoms with E-state index in [1.54, 1.807) is 11.9 Å². The third-order valence-electron chi connectivity index (χ3n) is 2.57. The monoisotopic (exact) mass is 230 g/mol. The lowest BCUT2D eigenvalue weighted by molar-refractivity contribution is -0.131. The fourth-order valence-electron chi connectivity index (χ4n) is 1.14. The fraction of sp³-hybridized carbons (Fsp3) is 0.917. The molecule has 2 N–H and O–H groups in total. The van der Waals surface area contributed by atoms with Crippen LogP contribution in [-0.4, -0.2) is 43.2 Å². The minimum Gasteiger partial charge on any atom is -0.377 e. The number of amides is 1. The van der Waals surface area contributed by atoms with Crippen LogP contribution >= 0.6 is 0 Å². The maximum absolute atomic E-state index is 11.7. The van der Waals surface area contributed by atoms with E-state index in [9.17, 15) is 4.79 Å². The average Bonchev–Trinajstić information content (AvgIpc) is 2.16. The lowest BCUT2D eigenvalue weighted by Crippen LogP contribution is -2.37. The van der Waals surface area contributed by atoms with Crippen LogP contribution in [0, 0.1) is 5.92 Å². The van der Waals surface area contributed by atoms with Gasteiger partial charge in [-0.1, -0.05) is 13.8 Å². The molecule has 0 aromatic heterocycles. The zero-order valence-electron chi connectivity index (χ0n) is 11.2. The van der Waals surface area contributed by atoms with Crippen LogP contribution in [0.25, 0.3) is 0 Å². The molecule has 4 heteroatoms. The molecule has 1 unspecified atom stereocenters. The van der Waals surface area contributed by atoms with Gasteiger partial charge in [0.15, 0.2) is 0 Å². The highest BCUT2D eigenvalue weighted by Gasteiger charge is 2.15. The van der Waals surface area contributed by atoms with Gasteiger partial charge < -0.3 is 15.4 Å². The minimum atomic E-state index is -0.0547. The van der Waals surface area contributed by atoms with Crippen LogP contribution in [0.1, 0.15) is 34.1 Å². The Morgan fingerprint density at radius 2 is 1.88 bits per heavy atom. The first-order valence-corrected chi connectivity index (χ1v) is 5.95. The van der Waals surface area contributed by atoms with Crippen molar-refractivity contribution < 1.29 is 9.53 Å². The number of carbonyl (C=O) groups excluding carboxylic acids is 1. The van der Waals surface area contributed by atoms with Crippen LogP contribution in [0.3, 0.4) is 0 Å². The van der Waals surface area contributed by atoms with Crippen molar-refractivity contribution >= 4 is 5.91 Å². The number of nitrogens with zero attached hydrogens (tertiary/aromatic N) is 1. The summed E-state index contributed by atoms with van der Waals surface area (Å²) in [4.78, 5) is 13.4. The van der Waals surface area contributed by atoms with Gasteiger partial charge in [0, 0.05) is 26.1 Å². The maximum Gasteiger partial charge on any atom is 0.223 e. The topological polar surface area (TPSA) is 55.6 Å². The second kappa shape index (κ2) is 7.63. The van der Waals surface area contributed by atoms with Crippen molar-refractivity contribution in [1.82, 2.24) is 4.90 Å². The molecule has 0 aliphatic carbocycles. The highest BCUT2D eigenvalue weighted by atomic mass is 16.5. The van der Waals surface area contributed by atoms with Gasteiger partial charge in [-0.3, -0.25) is 4.79 Å². The van der Waals surface area contributed by atoms with E-state index < -0.39 is 0 Å². The number of carbonyl (C=O) groups is 1. The van der Waals surface area contributed by atoms with Crippen molar-refractivity contribution in [2.24, 2.45) is 11.7 Å². The number of hydrogen-bond donors (Lipinski definition) is 1. The molecule has 0 bridgehead atoms. The maximum atomic E-state index is 11.7. The Bertz CT molecular complexity index is 205. The molecule has 1 atom stereocenters. The van der Waals surface area contributed by atoms with Gasteiger partial charge in [0.1, 0.15) is 0 Å². The Labute approximate surface area is 99.1 Å². The summed E-state index contributed by atoms with van der Waals surface area (Å²) < 4.78 is 5.39. The van der Waals surface area contributed by atoms with Crippen LogP contribution in [0.2, 0.25) is 0 Å². The number of rotatable bonds is 7. The third kappa shape index (κ3) is 6.80. The summed E-state index contributed by atoms with van der Waals surface area (Å²) in [6.07, 6.45) is 0.622. The van der Waals surface area contributed by atoms with Gasteiger partial charge >= 0.3 is 0 Å². The molecule has 0 aliphatic heterocycles. The van der Waals surface area contributed by atoms with E-state index in [1.807, 2.05) is 27.7 Å². The van der Waals surface area contributed by atoms with Crippen LogP contribution in [0.5, 0.6) is 0 Å². The Morgan fingerprint density at radius 3 is 2.31 bits per heavy atom. The zero-order valence-corrected chi connectivity index (χ0v) is 11.2. The molecule has 16 heavy (non-hydrogen) atoms. The Balaban J connectivity index is 3.81. The minimum absolute atomic E-state index is 0.0547. The summed E-state index contributed by atoms with van der Waals surface area (Å²) in [7, 11) is 1.79. The molecular formula is C12H26N2O2. The quantitative estimate of drug-likeness (QED) is 0.716. The van der Waals surface area contributed by atoms with Crippen LogP contribution < -0.4 is 5.73 Å². The van der Waals surface area contributed by atoms with E-state index >= 15 is 0 Å². The molecule has 0 aromatic carbocycles. The van der Waals surface area contributed by atoms with Crippen LogP contribution in [0.4, 0.5) is 0 Å². The Kier molecular flexibility index (Phi) is 7.34. The number of ether oxygens (including phenoxy) is 1. The summed E-state index contributed by atoms with van der Waals surface area (Å²) in [6, 6.07) is -0.0547. The molecule has 0 saturated carbocycles. The SMILES string of the molecule is CC(C)OCCN(C)C(=O)CC(N)C(C)C. The van der Waals surface area contributed by atoms with E-state index in [2.05, 4.69) is 0 Å². The van der Waals surface area contributed by atoms with Gasteiger partial charge in [0.25, 0.3) is 0 Å². The molecule has 0 heterocycles. The van der Waals surface area contributed by atoms with E-state index in [1.165, 1.54) is 0 Å². The van der Waals surface area contributed by atoms with Crippen molar-refractivity contribution in [3.05, 3.63) is 0 Å². The van der Waals surface area contributed by atoms with Crippen molar-refractivity contribution in [1.29, 1.82) is 0 Å². The number of nitrogens with two attached hydrogens (primary N) is 1. The summed E-state index contributed by atoms with van der Waals surface area (Å²) >= 11 is 0. The van der Waals surface area contributed by atoms with E-state index in [0.717, 1.165) is 0 Å². The normalized spacial score (nSPS) is 13.2. The molecule has 0 fully saturated rings. The molecular weight excluding hydrogens is 204 g/mol. The van der Waals surface area contributed by atoms with E-state index in [0.29, 0.717) is 25.5 Å². The first-order chi connectivity index (χ1) is 7.34. The predicted molar refractivity (Wildman–Crippen MR) is 66.2 cm³/mol. The number of likely N-dealkylation sites (N-methyl/N-ethyl adjacent to an activating group) is 1. The van der Waals surface area contributed by atoms with Crippen molar-refractivity contribution in [3.63, 3.8) is 0 Å². The number of hydrogen-bond acceptors (Lipinski definition) is 3. The van der Waals surface area contributed by atoms with Gasteiger partial charge in [-0.15, -0.1) is 0 Å². The molecule has 1 amide bonds. The summed E-state index contributed by atoms with van der Waals surface area (Å²) in [5, 5.41) is 0. The van der Waals surface area contributed by atoms with Crippen molar-refractivity contribution in [3.8, 4) is 0 Å². The van der Waals surface area contributed by atoms with Gasteiger partial charge in [0.2, 0.25) is 5.91 Å². The van der Waals surface area contributed by atoms with Crippen LogP contribution in [-0.2, 0) is 9.53 Å². The smallest absolute Gasteiger partial charge is 0.223 e. The first-order valence-electron chi connectivity index (χ1n) is 5.95. The largest absolute Gasteiger partial charge is 0.377 e. The first kappa shape index (κ1) is 15.4. The summed E-state index contributed by atoms with van der Waals surface area (Å²) in [6.45, 7) is 9.23. The Morgan fingerprint density at radius 1 is 1.31 bits per heavy atom. The molecule has 0 saturated heterocycles. The second-order valence-electron chi connectivity index (χ2n) is 4.85. The fourth-order valence-corrected chi connectivity index (χ4v) is 1.14. The van der Waals surface area contributed by atoms with Gasteiger partial charge in [-0.05, 0) is 19.8 Å². The lowest BCUT2D eigenvalue weighted by atomic mass is 10.0. The highest BCUT2D eigenvalue weighted by Crippen LogP contribution is 2.04. The molecule has 0 rings (SSSR count). The summed E-state index contributed by atoms with van der Waals surface area (Å²) in [5.74, 6) is 0.429. The summed E-state index contributed by atoms with van der Waals surface area (Å²) in [5.41, 5.74) is 5.85. The van der Waals surface area contributed by atoms with Gasteiger partial charge in [0.05, 0.1) is 12.7 Å².